The van der Waals surface area contributed by atoms with Crippen molar-refractivity contribution in [3.05, 3.63) is 0 Å². The van der Waals surface area contributed by atoms with Gasteiger partial charge in [0, 0.05) is 22.5 Å². The lowest BCUT2D eigenvalue weighted by molar-refractivity contribution is 0.515. The normalized spacial score (nSPS) is 14.8. The lowest BCUT2D eigenvalue weighted by atomic mass is 12.0. The molecule has 0 radical (unpaired) electrons. The Balaban J connectivity index is -0.000000224. The van der Waals surface area contributed by atoms with Crippen LogP contribution in [-0.4, -0.2) is 46.9 Å². The Labute approximate surface area is 105 Å². The highest BCUT2D eigenvalue weighted by Crippen LogP contribution is 1.78. The van der Waals surface area contributed by atoms with Crippen LogP contribution in [0.1, 0.15) is 7.43 Å². The standard InChI is InChI=1S/C2H7NO4S2.CH4.H3NO4S2/c1-8(4,5)3-9(2,6)7;;2-6(3)1-7(4)5/h3H,1-2H3;1H4;1H,(H,2,3)(H,4,5)/p-2. The van der Waals surface area contributed by atoms with Crippen molar-refractivity contribution in [2.45, 2.75) is 7.43 Å². The van der Waals surface area contributed by atoms with Gasteiger partial charge in [-0.15, -0.1) is 4.13 Å². The monoisotopic (exact) mass is 332 g/mol. The largest absolute Gasteiger partial charge is 0.759 e. The summed E-state index contributed by atoms with van der Waals surface area (Å²) in [6.07, 6.45) is 1.54. The fraction of sp³-hybridized carbons (Fsp3) is 1.00. The van der Waals surface area contributed by atoms with Gasteiger partial charge < -0.3 is 9.11 Å². The molecular weight excluding hydrogens is 320 g/mol. The van der Waals surface area contributed by atoms with Crippen molar-refractivity contribution in [3.63, 3.8) is 0 Å². The Morgan fingerprint density at radius 3 is 1.12 bits per heavy atom. The lowest BCUT2D eigenvalue weighted by Crippen LogP contribution is -2.27. The quantitative estimate of drug-likeness (QED) is 0.523. The van der Waals surface area contributed by atoms with Gasteiger partial charge in [-0.1, -0.05) is 7.43 Å². The van der Waals surface area contributed by atoms with Gasteiger partial charge in [0.1, 0.15) is 0 Å². The minimum atomic E-state index is -3.62. The molecule has 0 fully saturated rings. The molecule has 0 aromatic carbocycles. The van der Waals surface area contributed by atoms with Gasteiger partial charge in [-0.05, 0) is 0 Å². The maximum atomic E-state index is 10.2. The first-order valence-corrected chi connectivity index (χ1v) is 8.90. The summed E-state index contributed by atoms with van der Waals surface area (Å²) in [5.74, 6) is 0. The van der Waals surface area contributed by atoms with Gasteiger partial charge in [-0.2, -0.15) is 4.13 Å². The van der Waals surface area contributed by atoms with Crippen LogP contribution >= 0.6 is 0 Å². The maximum absolute atomic E-state index is 10.2. The predicted molar refractivity (Wildman–Crippen MR) is 60.5 cm³/mol. The molecule has 10 nitrogen and oxygen atoms in total. The van der Waals surface area contributed by atoms with Crippen molar-refractivity contribution in [2.24, 2.45) is 0 Å². The molecule has 0 aromatic rings. The summed E-state index contributed by atoms with van der Waals surface area (Å²) in [6.45, 7) is 0. The highest BCUT2D eigenvalue weighted by molar-refractivity contribution is 8.04. The third-order valence-electron chi connectivity index (χ3n) is 0.439. The summed E-state index contributed by atoms with van der Waals surface area (Å²) >= 11 is -5.42. The molecule has 14 heteroatoms. The topological polar surface area (TPSA) is 173 Å². The SMILES string of the molecule is C.CS(=O)(=O)NS(C)(=O)=O.O=S([O-])NS(=O)[O-]. The van der Waals surface area contributed by atoms with Crippen molar-refractivity contribution < 1.29 is 34.4 Å². The Morgan fingerprint density at radius 2 is 1.12 bits per heavy atom. The van der Waals surface area contributed by atoms with Crippen molar-refractivity contribution in [1.82, 2.24) is 8.25 Å². The summed E-state index contributed by atoms with van der Waals surface area (Å²) in [7, 11) is -7.24. The highest BCUT2D eigenvalue weighted by atomic mass is 32.3. The summed E-state index contributed by atoms with van der Waals surface area (Å²) in [6, 6.07) is 0. The lowest BCUT2D eigenvalue weighted by Gasteiger charge is -2.07. The average molecular weight is 332 g/mol. The van der Waals surface area contributed by atoms with Gasteiger partial charge in [-0.25, -0.2) is 16.8 Å². The zero-order valence-corrected chi connectivity index (χ0v) is 11.2. The Bertz CT molecular complexity index is 409. The van der Waals surface area contributed by atoms with E-state index >= 15 is 0 Å². The second-order valence-electron chi connectivity index (χ2n) is 2.18. The molecule has 0 saturated carbocycles. The molecule has 0 bridgehead atoms. The smallest absolute Gasteiger partial charge is 0.221 e. The van der Waals surface area contributed by atoms with E-state index < -0.39 is 42.6 Å². The summed E-state index contributed by atoms with van der Waals surface area (Å²) in [4.78, 5) is 0. The van der Waals surface area contributed by atoms with E-state index in [2.05, 4.69) is 0 Å². The first-order chi connectivity index (χ1) is 6.83. The Hall–Kier alpha value is 0.0400. The molecule has 2 N–H and O–H groups in total. The molecule has 0 spiro atoms. The summed E-state index contributed by atoms with van der Waals surface area (Å²) in [5.41, 5.74) is 0. The molecule has 2 atom stereocenters. The van der Waals surface area contributed by atoms with Crippen molar-refractivity contribution >= 4 is 42.6 Å². The van der Waals surface area contributed by atoms with E-state index in [4.69, 9.17) is 0 Å². The third-order valence-corrected chi connectivity index (χ3v) is 3.95. The van der Waals surface area contributed by atoms with E-state index in [1.54, 1.807) is 0 Å². The first-order valence-electron chi connectivity index (χ1n) is 2.97. The fourth-order valence-corrected chi connectivity index (χ4v) is 2.97. The van der Waals surface area contributed by atoms with E-state index in [-0.39, 0.29) is 7.43 Å². The average Bonchev–Trinajstić information content (AvgIpc) is 1.72. The number of hydrogen-bond donors (Lipinski definition) is 2. The Morgan fingerprint density at radius 1 is 0.882 bits per heavy atom. The van der Waals surface area contributed by atoms with Gasteiger partial charge in [0.15, 0.2) is 0 Å². The number of nitrogens with one attached hydrogen (secondary N) is 2. The molecular formula is C3H12N2O8S4-2. The van der Waals surface area contributed by atoms with Crippen molar-refractivity contribution in [2.75, 3.05) is 12.5 Å². The first kappa shape index (κ1) is 22.2. The molecule has 0 aliphatic rings. The molecule has 2 unspecified atom stereocenters. The highest BCUT2D eigenvalue weighted by Gasteiger charge is 2.08. The molecule has 17 heavy (non-hydrogen) atoms. The molecule has 0 aromatic heterocycles. The van der Waals surface area contributed by atoms with E-state index in [9.17, 15) is 34.4 Å². The minimum absolute atomic E-state index is 0. The molecule has 0 amide bonds. The van der Waals surface area contributed by atoms with Crippen molar-refractivity contribution in [3.8, 4) is 0 Å². The minimum Gasteiger partial charge on any atom is -0.759 e. The van der Waals surface area contributed by atoms with Crippen LogP contribution in [0, 0.1) is 0 Å². The van der Waals surface area contributed by atoms with E-state index in [0.717, 1.165) is 16.6 Å². The summed E-state index contributed by atoms with van der Waals surface area (Å²) in [5, 5.41) is 0. The zero-order valence-electron chi connectivity index (χ0n) is 7.90. The van der Waals surface area contributed by atoms with Crippen LogP contribution in [0.4, 0.5) is 0 Å². The van der Waals surface area contributed by atoms with E-state index in [0.29, 0.717) is 0 Å². The van der Waals surface area contributed by atoms with Crippen LogP contribution in [0.15, 0.2) is 0 Å². The maximum Gasteiger partial charge on any atom is 0.221 e. The molecule has 0 saturated heterocycles. The van der Waals surface area contributed by atoms with Gasteiger partial charge in [-0.3, -0.25) is 8.42 Å². The zero-order chi connectivity index (χ0) is 13.6. The second kappa shape index (κ2) is 9.03. The van der Waals surface area contributed by atoms with Crippen LogP contribution in [0.3, 0.4) is 0 Å². The molecule has 0 rings (SSSR count). The van der Waals surface area contributed by atoms with Crippen LogP contribution in [0.2, 0.25) is 0 Å². The van der Waals surface area contributed by atoms with Gasteiger partial charge in [0.05, 0.1) is 12.5 Å². The number of sulfonamides is 2. The third kappa shape index (κ3) is 31.4. The van der Waals surface area contributed by atoms with Crippen LogP contribution in [-0.2, 0) is 42.6 Å². The van der Waals surface area contributed by atoms with Crippen LogP contribution < -0.4 is 8.25 Å². The van der Waals surface area contributed by atoms with E-state index in [1.165, 1.54) is 4.13 Å². The molecule has 0 heterocycles. The van der Waals surface area contributed by atoms with Gasteiger partial charge in [0.25, 0.3) is 0 Å². The number of hydrogen-bond acceptors (Lipinski definition) is 8. The summed E-state index contributed by atoms with van der Waals surface area (Å²) < 4.78 is 80.4. The molecule has 108 valence electrons. The van der Waals surface area contributed by atoms with Crippen LogP contribution in [0.25, 0.3) is 0 Å². The van der Waals surface area contributed by atoms with Crippen molar-refractivity contribution in [1.29, 1.82) is 0 Å². The fourth-order valence-electron chi connectivity index (χ4n) is 0.331. The van der Waals surface area contributed by atoms with Gasteiger partial charge >= 0.3 is 0 Å². The predicted octanol–water partition coefficient (Wildman–Crippen LogP) is -2.70. The molecule has 0 aliphatic heterocycles. The Kier molecular flexibility index (Phi) is 11.8. The number of rotatable bonds is 4. The second-order valence-corrected chi connectivity index (χ2v) is 7.54. The van der Waals surface area contributed by atoms with E-state index in [1.807, 2.05) is 0 Å². The molecule has 0 aliphatic carbocycles. The van der Waals surface area contributed by atoms with Crippen LogP contribution in [0.5, 0.6) is 0 Å². The van der Waals surface area contributed by atoms with Gasteiger partial charge in [0.2, 0.25) is 20.0 Å².